The van der Waals surface area contributed by atoms with E-state index in [1.807, 2.05) is 42.1 Å². The van der Waals surface area contributed by atoms with Crippen molar-refractivity contribution in [2.75, 3.05) is 0 Å². The number of rotatable bonds is 21. The first-order chi connectivity index (χ1) is 21.8. The lowest BCUT2D eigenvalue weighted by Crippen LogP contribution is -2.58. The number of carbonyl (C=O) groups excluding carboxylic acids is 5. The van der Waals surface area contributed by atoms with Crippen molar-refractivity contribution >= 4 is 46.4 Å². The zero-order valence-corrected chi connectivity index (χ0v) is 27.4. The molecule has 2 rings (SSSR count). The Hall–Kier alpha value is -4.42. The summed E-state index contributed by atoms with van der Waals surface area (Å²) in [5, 5.41) is 20.4. The first-order valence-corrected chi connectivity index (χ1v) is 16.1. The van der Waals surface area contributed by atoms with Gasteiger partial charge in [-0.25, -0.2) is 0 Å². The molecule has 2 aromatic rings. The Kier molecular flexibility index (Phi) is 15.7. The second-order valence-electron chi connectivity index (χ2n) is 12.0. The minimum absolute atomic E-state index is 0.0965. The van der Waals surface area contributed by atoms with Crippen LogP contribution >= 0.6 is 0 Å². The van der Waals surface area contributed by atoms with E-state index in [-0.39, 0.29) is 24.8 Å². The summed E-state index contributed by atoms with van der Waals surface area (Å²) in [4.78, 5) is 75.9. The average Bonchev–Trinajstić information content (AvgIpc) is 3.29. The van der Waals surface area contributed by atoms with Crippen molar-refractivity contribution in [1.82, 2.24) is 25.8 Å². The number of para-hydroxylation sites is 1. The Balaban J connectivity index is 2.25. The molecular weight excluding hydrogens is 592 g/mol. The number of nitrogens with two attached hydrogens (primary N) is 1. The third-order valence-corrected chi connectivity index (χ3v) is 7.54. The Morgan fingerprint density at radius 3 is 1.96 bits per heavy atom. The van der Waals surface area contributed by atoms with Crippen molar-refractivity contribution < 1.29 is 33.9 Å². The van der Waals surface area contributed by atoms with Gasteiger partial charge in [0, 0.05) is 43.0 Å². The number of hydrogen-bond donors (Lipinski definition) is 6. The van der Waals surface area contributed by atoms with E-state index in [1.165, 1.54) is 6.42 Å². The van der Waals surface area contributed by atoms with E-state index in [9.17, 15) is 33.9 Å². The van der Waals surface area contributed by atoms with Gasteiger partial charge in [0.2, 0.25) is 29.5 Å². The summed E-state index contributed by atoms with van der Waals surface area (Å²) in [6.07, 6.45) is 8.03. The molecule has 0 fully saturated rings. The molecule has 1 aromatic heterocycles. The van der Waals surface area contributed by atoms with Crippen LogP contribution in [0.3, 0.4) is 0 Å². The Bertz CT molecular complexity index is 1360. The number of benzene rings is 1. The van der Waals surface area contributed by atoms with E-state index in [0.717, 1.165) is 48.6 Å². The minimum Gasteiger partial charge on any atom is -0.481 e. The molecule has 1 heterocycles. The second-order valence-corrected chi connectivity index (χ2v) is 12.0. The molecule has 254 valence electrons. The maximum atomic E-state index is 13.7. The smallest absolute Gasteiger partial charge is 0.305 e. The number of nitrogens with one attached hydrogen (secondary N) is 4. The van der Waals surface area contributed by atoms with Gasteiger partial charge in [-0.15, -0.1) is 0 Å². The lowest BCUT2D eigenvalue weighted by molar-refractivity contribution is -0.141. The van der Waals surface area contributed by atoms with Crippen LogP contribution in [0.4, 0.5) is 0 Å². The van der Waals surface area contributed by atoms with Crippen LogP contribution in [0.2, 0.25) is 0 Å². The molecule has 0 saturated heterocycles. The normalized spacial score (nSPS) is 13.1. The summed E-state index contributed by atoms with van der Waals surface area (Å²) >= 11 is 0. The number of hydrogen-bond acceptors (Lipinski definition) is 6. The van der Waals surface area contributed by atoms with Crippen LogP contribution in [-0.4, -0.2) is 69.3 Å². The summed E-state index contributed by atoms with van der Waals surface area (Å²) in [5.41, 5.74) is 7.10. The molecule has 0 spiro atoms. The van der Waals surface area contributed by atoms with E-state index >= 15 is 0 Å². The van der Waals surface area contributed by atoms with E-state index in [2.05, 4.69) is 28.2 Å². The van der Waals surface area contributed by atoms with E-state index < -0.39 is 60.6 Å². The molecule has 13 nitrogen and oxygen atoms in total. The number of aromatic nitrogens is 1. The number of carboxylic acid groups (broad SMARTS) is 1. The number of nitrogens with zero attached hydrogens (tertiary/aromatic N) is 1. The van der Waals surface area contributed by atoms with Gasteiger partial charge in [-0.1, -0.05) is 63.6 Å². The lowest BCUT2D eigenvalue weighted by atomic mass is 10.0. The Morgan fingerprint density at radius 2 is 1.35 bits per heavy atom. The van der Waals surface area contributed by atoms with Gasteiger partial charge >= 0.3 is 5.97 Å². The van der Waals surface area contributed by atoms with Gasteiger partial charge in [0.15, 0.2) is 0 Å². The van der Waals surface area contributed by atoms with E-state index in [1.54, 1.807) is 13.8 Å². The van der Waals surface area contributed by atoms with Gasteiger partial charge in [-0.2, -0.15) is 0 Å². The molecule has 13 heteroatoms. The fourth-order valence-corrected chi connectivity index (χ4v) is 5.25. The first-order valence-electron chi connectivity index (χ1n) is 16.1. The van der Waals surface area contributed by atoms with E-state index in [4.69, 9.17) is 5.73 Å². The predicted molar refractivity (Wildman–Crippen MR) is 174 cm³/mol. The van der Waals surface area contributed by atoms with Crippen LogP contribution in [0.15, 0.2) is 30.5 Å². The molecule has 1 aromatic carbocycles. The third kappa shape index (κ3) is 12.9. The summed E-state index contributed by atoms with van der Waals surface area (Å²) in [5.74, 6) is -4.99. The van der Waals surface area contributed by atoms with Crippen molar-refractivity contribution in [3.8, 4) is 0 Å². The van der Waals surface area contributed by atoms with Crippen LogP contribution in [0.1, 0.15) is 90.5 Å². The van der Waals surface area contributed by atoms with E-state index in [0.29, 0.717) is 6.42 Å². The molecule has 0 aliphatic carbocycles. The van der Waals surface area contributed by atoms with Crippen LogP contribution in [0.5, 0.6) is 0 Å². The highest BCUT2D eigenvalue weighted by molar-refractivity contribution is 5.97. The lowest BCUT2D eigenvalue weighted by Gasteiger charge is -2.25. The maximum absolute atomic E-state index is 13.7. The Labute approximate surface area is 270 Å². The van der Waals surface area contributed by atoms with Crippen molar-refractivity contribution in [2.45, 2.75) is 116 Å². The highest BCUT2D eigenvalue weighted by Gasteiger charge is 2.32. The number of unbranched alkanes of at least 4 members (excludes halogenated alkanes) is 6. The number of carbonyl (C=O) groups is 6. The minimum atomic E-state index is -1.52. The first kappa shape index (κ1) is 37.8. The van der Waals surface area contributed by atoms with Crippen LogP contribution < -0.4 is 27.0 Å². The standard InChI is InChI=1S/C33H50N6O7/c1-5-6-7-8-9-10-11-16-29(41)36-24(17-22-20-39(4)27-15-13-12-14-23(22)27)32(45)37-25(18-28(34)40)33(46)38-26(19-30(42)43)31(44)35-21(2)3/h12-15,20-21,24-26H,5-11,16-19H2,1-4H3,(H2,34,40)(H,35,44)(H,36,41)(H,37,45)(H,38,46)(H,42,43). The third-order valence-electron chi connectivity index (χ3n) is 7.54. The molecular formula is C33H50N6O7. The average molecular weight is 643 g/mol. The van der Waals surface area contributed by atoms with Crippen LogP contribution in [0, 0.1) is 0 Å². The van der Waals surface area contributed by atoms with Crippen molar-refractivity contribution in [2.24, 2.45) is 12.8 Å². The molecule has 0 aliphatic heterocycles. The molecule has 46 heavy (non-hydrogen) atoms. The van der Waals surface area contributed by atoms with Gasteiger partial charge < -0.3 is 36.7 Å². The highest BCUT2D eigenvalue weighted by atomic mass is 16.4. The van der Waals surface area contributed by atoms with Crippen LogP contribution in [-0.2, 0) is 42.2 Å². The number of aliphatic carboxylic acids is 1. The molecule has 3 atom stereocenters. The second kappa shape index (κ2) is 19.2. The predicted octanol–water partition coefficient (Wildman–Crippen LogP) is 2.19. The maximum Gasteiger partial charge on any atom is 0.305 e. The number of fused-ring (bicyclic) bond motifs is 1. The Morgan fingerprint density at radius 1 is 0.783 bits per heavy atom. The summed E-state index contributed by atoms with van der Waals surface area (Å²) in [6.45, 7) is 5.50. The summed E-state index contributed by atoms with van der Waals surface area (Å²) in [6, 6.07) is 3.18. The number of amides is 5. The molecule has 5 amide bonds. The molecule has 0 saturated carbocycles. The quantitative estimate of drug-likeness (QED) is 0.112. The van der Waals surface area contributed by atoms with Crippen molar-refractivity contribution in [3.05, 3.63) is 36.0 Å². The molecule has 0 radical (unpaired) electrons. The summed E-state index contributed by atoms with van der Waals surface area (Å²) < 4.78 is 1.91. The van der Waals surface area contributed by atoms with Gasteiger partial charge in [-0.3, -0.25) is 28.8 Å². The fraction of sp³-hybridized carbons (Fsp3) is 0.576. The molecule has 7 N–H and O–H groups in total. The summed E-state index contributed by atoms with van der Waals surface area (Å²) in [7, 11) is 1.87. The van der Waals surface area contributed by atoms with Gasteiger partial charge in [0.05, 0.1) is 12.8 Å². The zero-order chi connectivity index (χ0) is 34.2. The topological polar surface area (TPSA) is 202 Å². The SMILES string of the molecule is CCCCCCCCCC(=O)NC(Cc1cn(C)c2ccccc12)C(=O)NC(CC(N)=O)C(=O)NC(CC(=O)O)C(=O)NC(C)C. The number of primary amides is 1. The van der Waals surface area contributed by atoms with Crippen molar-refractivity contribution in [1.29, 1.82) is 0 Å². The van der Waals surface area contributed by atoms with Gasteiger partial charge in [-0.05, 0) is 31.9 Å². The molecule has 3 unspecified atom stereocenters. The van der Waals surface area contributed by atoms with Gasteiger partial charge in [0.25, 0.3) is 0 Å². The fourth-order valence-electron chi connectivity index (χ4n) is 5.25. The molecule has 0 bridgehead atoms. The largest absolute Gasteiger partial charge is 0.481 e. The zero-order valence-electron chi connectivity index (χ0n) is 27.4. The van der Waals surface area contributed by atoms with Gasteiger partial charge in [0.1, 0.15) is 18.1 Å². The number of carboxylic acids is 1. The van der Waals surface area contributed by atoms with Crippen LogP contribution in [0.25, 0.3) is 10.9 Å². The molecule has 0 aliphatic rings. The monoisotopic (exact) mass is 642 g/mol. The van der Waals surface area contributed by atoms with Crippen molar-refractivity contribution in [3.63, 3.8) is 0 Å². The highest BCUT2D eigenvalue weighted by Crippen LogP contribution is 2.22. The number of aryl methyl sites for hydroxylation is 1.